The van der Waals surface area contributed by atoms with Crippen molar-refractivity contribution in [2.45, 2.75) is 23.8 Å². The van der Waals surface area contributed by atoms with Gasteiger partial charge in [0.25, 0.3) is 5.91 Å². The van der Waals surface area contributed by atoms with E-state index in [0.29, 0.717) is 12.1 Å². The fraction of sp³-hybridized carbons (Fsp3) is 0.333. The lowest BCUT2D eigenvalue weighted by molar-refractivity contribution is 0.0735. The Kier molecular flexibility index (Phi) is 5.24. The van der Waals surface area contributed by atoms with Gasteiger partial charge in [-0.25, -0.2) is 13.1 Å². The first-order valence-electron chi connectivity index (χ1n) is 8.30. The zero-order chi connectivity index (χ0) is 18.7. The van der Waals surface area contributed by atoms with Crippen molar-refractivity contribution < 1.29 is 17.9 Å². The summed E-state index contributed by atoms with van der Waals surface area (Å²) in [5.41, 5.74) is 1.35. The zero-order valence-corrected chi connectivity index (χ0v) is 15.5. The molecule has 1 saturated heterocycles. The first-order chi connectivity index (χ1) is 12.5. The van der Waals surface area contributed by atoms with Crippen LogP contribution >= 0.6 is 0 Å². The molecule has 0 bridgehead atoms. The minimum absolute atomic E-state index is 0.0306. The van der Waals surface area contributed by atoms with Crippen molar-refractivity contribution in [3.63, 3.8) is 0 Å². The molecular weight excluding hydrogens is 354 g/mol. The van der Waals surface area contributed by atoms with Crippen LogP contribution in [0, 0.1) is 0 Å². The van der Waals surface area contributed by atoms with Gasteiger partial charge < -0.3 is 9.64 Å². The average Bonchev–Trinajstić information content (AvgIpc) is 3.17. The van der Waals surface area contributed by atoms with Crippen LogP contribution in [0.25, 0.3) is 0 Å². The van der Waals surface area contributed by atoms with Gasteiger partial charge in [0, 0.05) is 24.5 Å². The summed E-state index contributed by atoms with van der Waals surface area (Å²) in [7, 11) is -1.02. The standard InChI is InChI=1S/C18H21N3O4S/c1-19-26(23,24)17-12-14(5-6-16(17)25-2)18(22)21-11-3-4-15(21)13-7-9-20-10-8-13/h5-10,12,15,19H,3-4,11H2,1-2H3. The number of hydrogen-bond acceptors (Lipinski definition) is 5. The summed E-state index contributed by atoms with van der Waals surface area (Å²) in [4.78, 5) is 18.8. The summed E-state index contributed by atoms with van der Waals surface area (Å²) >= 11 is 0. The number of likely N-dealkylation sites (tertiary alicyclic amines) is 1. The third-order valence-electron chi connectivity index (χ3n) is 4.57. The van der Waals surface area contributed by atoms with Crippen LogP contribution < -0.4 is 9.46 Å². The van der Waals surface area contributed by atoms with Crippen molar-refractivity contribution in [3.8, 4) is 5.75 Å². The smallest absolute Gasteiger partial charge is 0.254 e. The number of aromatic nitrogens is 1. The monoisotopic (exact) mass is 375 g/mol. The van der Waals surface area contributed by atoms with E-state index >= 15 is 0 Å². The average molecular weight is 375 g/mol. The van der Waals surface area contributed by atoms with E-state index in [-0.39, 0.29) is 22.6 Å². The first-order valence-corrected chi connectivity index (χ1v) is 9.78. The Bertz CT molecular complexity index is 900. The van der Waals surface area contributed by atoms with Gasteiger partial charge in [0.2, 0.25) is 10.0 Å². The molecule has 0 radical (unpaired) electrons. The minimum atomic E-state index is -3.74. The number of benzene rings is 1. The number of rotatable bonds is 5. The predicted molar refractivity (Wildman–Crippen MR) is 96.5 cm³/mol. The minimum Gasteiger partial charge on any atom is -0.495 e. The van der Waals surface area contributed by atoms with Crippen LogP contribution in [0.1, 0.15) is 34.8 Å². The first kappa shape index (κ1) is 18.3. The van der Waals surface area contributed by atoms with E-state index in [0.717, 1.165) is 18.4 Å². The van der Waals surface area contributed by atoms with E-state index in [9.17, 15) is 13.2 Å². The molecular formula is C18H21N3O4S. The van der Waals surface area contributed by atoms with E-state index in [1.807, 2.05) is 12.1 Å². The van der Waals surface area contributed by atoms with Gasteiger partial charge in [-0.1, -0.05) is 0 Å². The highest BCUT2D eigenvalue weighted by Gasteiger charge is 2.31. The molecule has 8 heteroatoms. The lowest BCUT2D eigenvalue weighted by Crippen LogP contribution is -2.31. The molecule has 2 aromatic rings. The summed E-state index contributed by atoms with van der Waals surface area (Å²) in [5.74, 6) is 0.00234. The van der Waals surface area contributed by atoms with Crippen LogP contribution in [-0.2, 0) is 10.0 Å². The van der Waals surface area contributed by atoms with Crippen molar-refractivity contribution in [1.29, 1.82) is 0 Å². The van der Waals surface area contributed by atoms with E-state index in [1.54, 1.807) is 23.4 Å². The number of hydrogen-bond donors (Lipinski definition) is 1. The van der Waals surface area contributed by atoms with E-state index in [4.69, 9.17) is 4.74 Å². The number of sulfonamides is 1. The highest BCUT2D eigenvalue weighted by Crippen LogP contribution is 2.34. The maximum atomic E-state index is 13.1. The summed E-state index contributed by atoms with van der Waals surface area (Å²) in [6.07, 6.45) is 5.19. The summed E-state index contributed by atoms with van der Waals surface area (Å²) in [5, 5.41) is 0. The van der Waals surface area contributed by atoms with Gasteiger partial charge in [-0.15, -0.1) is 0 Å². The molecule has 1 N–H and O–H groups in total. The fourth-order valence-corrected chi connectivity index (χ4v) is 4.16. The number of carbonyl (C=O) groups is 1. The molecule has 1 aromatic carbocycles. The topological polar surface area (TPSA) is 88.6 Å². The van der Waals surface area contributed by atoms with E-state index < -0.39 is 10.0 Å². The number of pyridine rings is 1. The van der Waals surface area contributed by atoms with Gasteiger partial charge in [0.05, 0.1) is 13.2 Å². The van der Waals surface area contributed by atoms with Gasteiger partial charge in [-0.3, -0.25) is 9.78 Å². The predicted octanol–water partition coefficient (Wildman–Crippen LogP) is 1.98. The van der Waals surface area contributed by atoms with E-state index in [2.05, 4.69) is 9.71 Å². The molecule has 26 heavy (non-hydrogen) atoms. The quantitative estimate of drug-likeness (QED) is 0.863. The van der Waals surface area contributed by atoms with Gasteiger partial charge in [-0.05, 0) is 55.8 Å². The Balaban J connectivity index is 1.96. The van der Waals surface area contributed by atoms with Crippen molar-refractivity contribution in [2.24, 2.45) is 0 Å². The zero-order valence-electron chi connectivity index (χ0n) is 14.7. The molecule has 138 valence electrons. The molecule has 1 aliphatic rings. The molecule has 1 aromatic heterocycles. The highest BCUT2D eigenvalue weighted by molar-refractivity contribution is 7.89. The third kappa shape index (κ3) is 3.42. The number of amides is 1. The van der Waals surface area contributed by atoms with E-state index in [1.165, 1.54) is 26.3 Å². The number of carbonyl (C=O) groups excluding carboxylic acids is 1. The molecule has 0 saturated carbocycles. The molecule has 1 amide bonds. The second kappa shape index (κ2) is 7.43. The van der Waals surface area contributed by atoms with Crippen LogP contribution in [0.3, 0.4) is 0 Å². The Labute approximate surface area is 153 Å². The van der Waals surface area contributed by atoms with Gasteiger partial charge in [-0.2, -0.15) is 0 Å². The van der Waals surface area contributed by atoms with Crippen LogP contribution in [0.15, 0.2) is 47.6 Å². The number of ether oxygens (including phenoxy) is 1. The summed E-state index contributed by atoms with van der Waals surface area (Å²) in [6.45, 7) is 0.631. The maximum Gasteiger partial charge on any atom is 0.254 e. The van der Waals surface area contributed by atoms with Gasteiger partial charge in [0.1, 0.15) is 10.6 Å². The maximum absolute atomic E-state index is 13.1. The Morgan fingerprint density at radius 2 is 2.00 bits per heavy atom. The number of nitrogens with one attached hydrogen (secondary N) is 1. The highest BCUT2D eigenvalue weighted by atomic mass is 32.2. The lowest BCUT2D eigenvalue weighted by Gasteiger charge is -2.25. The second-order valence-electron chi connectivity index (χ2n) is 6.01. The molecule has 7 nitrogen and oxygen atoms in total. The Morgan fingerprint density at radius 1 is 1.27 bits per heavy atom. The molecule has 3 rings (SSSR count). The third-order valence-corrected chi connectivity index (χ3v) is 6.01. The second-order valence-corrected chi connectivity index (χ2v) is 7.87. The molecule has 0 spiro atoms. The Morgan fingerprint density at radius 3 is 2.65 bits per heavy atom. The summed E-state index contributed by atoms with van der Waals surface area (Å²) in [6, 6.07) is 8.25. The fourth-order valence-electron chi connectivity index (χ4n) is 3.24. The number of methoxy groups -OCH3 is 1. The molecule has 1 atom stereocenters. The summed E-state index contributed by atoms with van der Waals surface area (Å²) < 4.78 is 31.9. The van der Waals surface area contributed by atoms with Crippen LogP contribution in [-0.4, -0.2) is 44.9 Å². The SMILES string of the molecule is CNS(=O)(=O)c1cc(C(=O)N2CCCC2c2ccncc2)ccc1OC. The molecule has 2 heterocycles. The van der Waals surface area contributed by atoms with Crippen LogP contribution in [0.4, 0.5) is 0 Å². The number of nitrogens with zero attached hydrogens (tertiary/aromatic N) is 2. The molecule has 0 aliphatic carbocycles. The van der Waals surface area contributed by atoms with Gasteiger partial charge >= 0.3 is 0 Å². The molecule has 1 fully saturated rings. The largest absolute Gasteiger partial charge is 0.495 e. The van der Waals surface area contributed by atoms with Gasteiger partial charge in [0.15, 0.2) is 0 Å². The van der Waals surface area contributed by atoms with Crippen LogP contribution in [0.5, 0.6) is 5.75 Å². The van der Waals surface area contributed by atoms with Crippen molar-refractivity contribution in [3.05, 3.63) is 53.9 Å². The Hall–Kier alpha value is -2.45. The molecule has 1 unspecified atom stereocenters. The normalized spacial score (nSPS) is 17.3. The molecule has 1 aliphatic heterocycles. The lowest BCUT2D eigenvalue weighted by atomic mass is 10.1. The van der Waals surface area contributed by atoms with Crippen LogP contribution in [0.2, 0.25) is 0 Å². The van der Waals surface area contributed by atoms with Crippen molar-refractivity contribution in [2.75, 3.05) is 20.7 Å². The van der Waals surface area contributed by atoms with Crippen molar-refractivity contribution in [1.82, 2.24) is 14.6 Å². The van der Waals surface area contributed by atoms with Crippen molar-refractivity contribution >= 4 is 15.9 Å².